The van der Waals surface area contributed by atoms with Gasteiger partial charge in [-0.1, -0.05) is 0 Å². The van der Waals surface area contributed by atoms with E-state index in [4.69, 9.17) is 4.42 Å². The van der Waals surface area contributed by atoms with Crippen LogP contribution in [0.5, 0.6) is 0 Å². The van der Waals surface area contributed by atoms with E-state index in [1.165, 1.54) is 12.3 Å². The molecule has 0 aliphatic rings. The van der Waals surface area contributed by atoms with Crippen molar-refractivity contribution >= 4 is 12.0 Å². The first-order valence-corrected chi connectivity index (χ1v) is 3.00. The molecule has 0 aromatic carbocycles. The van der Waals surface area contributed by atoms with Crippen LogP contribution in [0.1, 0.15) is 11.7 Å². The van der Waals surface area contributed by atoms with Crippen LogP contribution in [-0.2, 0) is 4.79 Å². The molecule has 0 atom stereocenters. The first-order chi connectivity index (χ1) is 5.18. The Bertz CT molecular complexity index is 288. The Kier molecular flexibility index (Phi) is 2.06. The highest BCUT2D eigenvalue weighted by Gasteiger charge is 1.92. The van der Waals surface area contributed by atoms with Crippen molar-refractivity contribution < 1.29 is 14.3 Å². The monoisotopic (exact) mass is 152 g/mol. The molecule has 4 heteroatoms. The molecule has 1 heterocycles. The Hall–Kier alpha value is -1.58. The van der Waals surface area contributed by atoms with Gasteiger partial charge in [-0.2, -0.15) is 0 Å². The van der Waals surface area contributed by atoms with E-state index in [-0.39, 0.29) is 0 Å². The zero-order valence-electron chi connectivity index (χ0n) is 5.90. The summed E-state index contributed by atoms with van der Waals surface area (Å²) in [6, 6.07) is 0. The minimum atomic E-state index is -1.25. The fourth-order valence-electron chi connectivity index (χ4n) is 0.605. The molecule has 0 saturated carbocycles. The number of carbonyl (C=O) groups excluding carboxylic acids is 1. The first kappa shape index (κ1) is 7.53. The molecule has 0 fully saturated rings. The smallest absolute Gasteiger partial charge is 0.191 e. The third-order valence-corrected chi connectivity index (χ3v) is 1.02. The molecule has 0 radical (unpaired) electrons. The highest BCUT2D eigenvalue weighted by atomic mass is 16.4. The van der Waals surface area contributed by atoms with E-state index in [1.807, 2.05) is 0 Å². The maximum atomic E-state index is 9.92. The second-order valence-electron chi connectivity index (χ2n) is 1.93. The second kappa shape index (κ2) is 3.01. The number of rotatable bonds is 2. The van der Waals surface area contributed by atoms with Crippen molar-refractivity contribution in [3.63, 3.8) is 0 Å². The molecule has 0 spiro atoms. The van der Waals surface area contributed by atoms with Gasteiger partial charge in [0.05, 0.1) is 12.2 Å². The van der Waals surface area contributed by atoms with E-state index >= 15 is 0 Å². The molecule has 0 saturated heterocycles. The van der Waals surface area contributed by atoms with Crippen molar-refractivity contribution in [3.05, 3.63) is 23.9 Å². The van der Waals surface area contributed by atoms with Gasteiger partial charge in [0.2, 0.25) is 0 Å². The summed E-state index contributed by atoms with van der Waals surface area (Å²) in [6.07, 6.45) is 3.62. The van der Waals surface area contributed by atoms with Crippen LogP contribution in [0, 0.1) is 6.92 Å². The van der Waals surface area contributed by atoms with Gasteiger partial charge in [0.25, 0.3) is 0 Å². The van der Waals surface area contributed by atoms with Crippen LogP contribution in [0.3, 0.4) is 0 Å². The largest absolute Gasteiger partial charge is 0.545 e. The Balaban J connectivity index is 2.71. The second-order valence-corrected chi connectivity index (χ2v) is 1.93. The molecule has 0 bridgehead atoms. The number of aromatic nitrogens is 1. The van der Waals surface area contributed by atoms with Gasteiger partial charge in [-0.05, 0) is 12.2 Å². The van der Waals surface area contributed by atoms with Crippen LogP contribution < -0.4 is 5.11 Å². The summed E-state index contributed by atoms with van der Waals surface area (Å²) in [5.41, 5.74) is 0. The first-order valence-electron chi connectivity index (χ1n) is 3.00. The average molecular weight is 152 g/mol. The lowest BCUT2D eigenvalue weighted by Gasteiger charge is -1.87. The summed E-state index contributed by atoms with van der Waals surface area (Å²) in [7, 11) is 0. The number of hydrogen-bond acceptors (Lipinski definition) is 4. The summed E-state index contributed by atoms with van der Waals surface area (Å²) >= 11 is 0. The molecule has 0 unspecified atom stereocenters. The number of nitrogens with zero attached hydrogens (tertiary/aromatic N) is 1. The van der Waals surface area contributed by atoms with E-state index in [0.29, 0.717) is 11.7 Å². The highest BCUT2D eigenvalue weighted by molar-refractivity contribution is 5.82. The number of oxazole rings is 1. The van der Waals surface area contributed by atoms with Crippen molar-refractivity contribution in [2.75, 3.05) is 0 Å². The normalized spacial score (nSPS) is 10.6. The molecule has 0 N–H and O–H groups in total. The SMILES string of the molecule is Cc1ncc(/C=C/C(=O)[O-])o1. The van der Waals surface area contributed by atoms with Crippen LogP contribution in [0.4, 0.5) is 0 Å². The van der Waals surface area contributed by atoms with Gasteiger partial charge in [-0.25, -0.2) is 4.98 Å². The summed E-state index contributed by atoms with van der Waals surface area (Å²) in [6.45, 7) is 1.68. The minimum absolute atomic E-state index is 0.409. The summed E-state index contributed by atoms with van der Waals surface area (Å²) in [5.74, 6) is -0.339. The van der Waals surface area contributed by atoms with Crippen molar-refractivity contribution in [1.29, 1.82) is 0 Å². The molecule has 0 aliphatic carbocycles. The predicted molar refractivity (Wildman–Crippen MR) is 35.3 cm³/mol. The summed E-state index contributed by atoms with van der Waals surface area (Å²) < 4.78 is 4.94. The Morgan fingerprint density at radius 2 is 2.55 bits per heavy atom. The maximum Gasteiger partial charge on any atom is 0.191 e. The van der Waals surface area contributed by atoms with Gasteiger partial charge in [0, 0.05) is 6.92 Å². The number of aryl methyl sites for hydroxylation is 1. The van der Waals surface area contributed by atoms with E-state index in [2.05, 4.69) is 4.98 Å². The number of carboxylic acids is 1. The lowest BCUT2D eigenvalue weighted by atomic mass is 10.4. The molecule has 1 aromatic heterocycles. The lowest BCUT2D eigenvalue weighted by Crippen LogP contribution is -2.18. The average Bonchev–Trinajstić information content (AvgIpc) is 2.31. The fraction of sp³-hybridized carbons (Fsp3) is 0.143. The van der Waals surface area contributed by atoms with Crippen molar-refractivity contribution in [3.8, 4) is 0 Å². The number of hydrogen-bond donors (Lipinski definition) is 0. The molecule has 0 amide bonds. The van der Waals surface area contributed by atoms with Crippen LogP contribution in [0.2, 0.25) is 0 Å². The number of aliphatic carboxylic acids is 1. The summed E-state index contributed by atoms with van der Waals surface area (Å²) in [5, 5.41) is 9.92. The molecule has 58 valence electrons. The van der Waals surface area contributed by atoms with Crippen LogP contribution in [0.25, 0.3) is 6.08 Å². The van der Waals surface area contributed by atoms with Gasteiger partial charge in [0.15, 0.2) is 5.89 Å². The molecule has 0 aliphatic heterocycles. The molecule has 11 heavy (non-hydrogen) atoms. The summed E-state index contributed by atoms with van der Waals surface area (Å²) in [4.78, 5) is 13.7. The number of carbonyl (C=O) groups is 1. The van der Waals surface area contributed by atoms with Crippen LogP contribution in [0.15, 0.2) is 16.7 Å². The van der Waals surface area contributed by atoms with Crippen molar-refractivity contribution in [1.82, 2.24) is 4.98 Å². The third-order valence-electron chi connectivity index (χ3n) is 1.02. The molecule has 4 nitrogen and oxygen atoms in total. The third kappa shape index (κ3) is 2.25. The molecule has 1 rings (SSSR count). The van der Waals surface area contributed by atoms with Gasteiger partial charge >= 0.3 is 0 Å². The van der Waals surface area contributed by atoms with Crippen molar-refractivity contribution in [2.45, 2.75) is 6.92 Å². The predicted octanol–water partition coefficient (Wildman–Crippen LogP) is -0.254. The quantitative estimate of drug-likeness (QED) is 0.548. The zero-order valence-corrected chi connectivity index (χ0v) is 5.90. The topological polar surface area (TPSA) is 66.2 Å². The molecule has 1 aromatic rings. The Morgan fingerprint density at radius 1 is 1.82 bits per heavy atom. The standard InChI is InChI=1S/C7H7NO3/c1-5-8-4-6(11-5)2-3-7(9)10/h2-4H,1H3,(H,9,10)/p-1/b3-2+. The fourth-order valence-corrected chi connectivity index (χ4v) is 0.605. The Morgan fingerprint density at radius 3 is 3.00 bits per heavy atom. The zero-order chi connectivity index (χ0) is 8.27. The van der Waals surface area contributed by atoms with Gasteiger partial charge in [-0.15, -0.1) is 0 Å². The van der Waals surface area contributed by atoms with Gasteiger partial charge in [-0.3, -0.25) is 0 Å². The highest BCUT2D eigenvalue weighted by Crippen LogP contribution is 2.03. The van der Waals surface area contributed by atoms with E-state index in [1.54, 1.807) is 6.92 Å². The van der Waals surface area contributed by atoms with Gasteiger partial charge < -0.3 is 14.3 Å². The van der Waals surface area contributed by atoms with Crippen LogP contribution in [-0.4, -0.2) is 11.0 Å². The van der Waals surface area contributed by atoms with E-state index < -0.39 is 5.97 Å². The Labute approximate surface area is 63.2 Å². The molecular formula is C7H6NO3-. The van der Waals surface area contributed by atoms with E-state index in [0.717, 1.165) is 6.08 Å². The number of carboxylic acid groups (broad SMARTS) is 1. The minimum Gasteiger partial charge on any atom is -0.545 e. The lowest BCUT2D eigenvalue weighted by molar-refractivity contribution is -0.297. The van der Waals surface area contributed by atoms with Crippen molar-refractivity contribution in [2.24, 2.45) is 0 Å². The van der Waals surface area contributed by atoms with Gasteiger partial charge in [0.1, 0.15) is 5.76 Å². The maximum absolute atomic E-state index is 9.92. The molecular weight excluding hydrogens is 146 g/mol. The van der Waals surface area contributed by atoms with Crippen LogP contribution >= 0.6 is 0 Å². The van der Waals surface area contributed by atoms with E-state index in [9.17, 15) is 9.90 Å².